The quantitative estimate of drug-likeness (QED) is 0.469. The number of carbonyl (C=O) groups is 1. The van der Waals surface area contributed by atoms with Crippen LogP contribution in [0.5, 0.6) is 0 Å². The van der Waals surface area contributed by atoms with Crippen molar-refractivity contribution in [2.24, 2.45) is 11.8 Å². The highest BCUT2D eigenvalue weighted by molar-refractivity contribution is 5.95. The molecule has 33 heavy (non-hydrogen) atoms. The maximum absolute atomic E-state index is 13.3. The number of anilines is 2. The molecule has 1 amide bonds. The summed E-state index contributed by atoms with van der Waals surface area (Å²) in [6.45, 7) is 7.16. The van der Waals surface area contributed by atoms with Gasteiger partial charge in [-0.3, -0.25) is 28.5 Å². The monoisotopic (exact) mass is 456 g/mol. The van der Waals surface area contributed by atoms with Gasteiger partial charge in [0.25, 0.3) is 11.1 Å². The molecule has 0 atom stereocenters. The van der Waals surface area contributed by atoms with Crippen LogP contribution < -0.4 is 33.1 Å². The van der Waals surface area contributed by atoms with E-state index in [0.717, 1.165) is 9.47 Å². The summed E-state index contributed by atoms with van der Waals surface area (Å²) in [5.41, 5.74) is 3.51. The number of benzene rings is 1. The molecule has 0 aliphatic rings. The Labute approximate surface area is 188 Å². The minimum atomic E-state index is -0.814. The van der Waals surface area contributed by atoms with E-state index in [1.165, 1.54) is 4.57 Å². The van der Waals surface area contributed by atoms with Gasteiger partial charge in [-0.2, -0.15) is 0 Å². The largest absolute Gasteiger partial charge is 0.383 e. The van der Waals surface area contributed by atoms with E-state index < -0.39 is 34.9 Å². The fourth-order valence-corrected chi connectivity index (χ4v) is 3.63. The average Bonchev–Trinajstić information content (AvgIpc) is 2.72. The van der Waals surface area contributed by atoms with Gasteiger partial charge < -0.3 is 15.6 Å². The van der Waals surface area contributed by atoms with Crippen LogP contribution in [0.3, 0.4) is 0 Å². The fourth-order valence-electron chi connectivity index (χ4n) is 3.63. The maximum Gasteiger partial charge on any atom is 0.330 e. The summed E-state index contributed by atoms with van der Waals surface area (Å²) in [5, 5.41) is 0.253. The second-order valence-electron chi connectivity index (χ2n) is 8.76. The van der Waals surface area contributed by atoms with Gasteiger partial charge in [-0.1, -0.05) is 39.8 Å². The number of nitrogens with zero attached hydrogens (tertiary/aromatic N) is 3. The number of carbonyl (C=O) groups excluding carboxylic acids is 1. The van der Waals surface area contributed by atoms with Gasteiger partial charge >= 0.3 is 11.4 Å². The minimum absolute atomic E-state index is 0.0488. The van der Waals surface area contributed by atoms with Crippen molar-refractivity contribution in [3.63, 3.8) is 0 Å². The fraction of sp³-hybridized carbons (Fsp3) is 0.409. The highest BCUT2D eigenvalue weighted by Gasteiger charge is 2.26. The number of nitrogens with one attached hydrogen (secondary N) is 2. The second-order valence-corrected chi connectivity index (χ2v) is 8.76. The van der Waals surface area contributed by atoms with Crippen molar-refractivity contribution < 1.29 is 4.79 Å². The zero-order valence-corrected chi connectivity index (χ0v) is 19.0. The number of aromatic nitrogens is 4. The smallest absolute Gasteiger partial charge is 0.330 e. The first-order chi connectivity index (χ1) is 15.5. The molecule has 11 heteroatoms. The molecule has 0 aliphatic carbocycles. The van der Waals surface area contributed by atoms with Gasteiger partial charge in [-0.25, -0.2) is 9.59 Å². The van der Waals surface area contributed by atoms with E-state index in [1.807, 2.05) is 27.7 Å². The number of nitrogens with two attached hydrogens (primary N) is 1. The summed E-state index contributed by atoms with van der Waals surface area (Å²) in [7, 11) is 0. The number of hydrogen-bond acceptors (Lipinski definition) is 6. The van der Waals surface area contributed by atoms with Crippen LogP contribution in [0.4, 0.5) is 11.5 Å². The number of rotatable bonds is 7. The van der Waals surface area contributed by atoms with Gasteiger partial charge in [0, 0.05) is 13.1 Å². The average molecular weight is 457 g/mol. The van der Waals surface area contributed by atoms with E-state index in [4.69, 9.17) is 5.73 Å². The molecule has 0 aliphatic heterocycles. The van der Waals surface area contributed by atoms with Crippen LogP contribution in [0.15, 0.2) is 43.4 Å². The van der Waals surface area contributed by atoms with Gasteiger partial charge in [0.05, 0.1) is 10.9 Å². The molecule has 0 bridgehead atoms. The number of fused-ring (bicyclic) bond motifs is 1. The maximum atomic E-state index is 13.3. The molecule has 0 spiro atoms. The lowest BCUT2D eigenvalue weighted by Gasteiger charge is -2.26. The molecule has 2 heterocycles. The minimum Gasteiger partial charge on any atom is -0.383 e. The molecule has 1 aromatic carbocycles. The molecular weight excluding hydrogens is 428 g/mol. The van der Waals surface area contributed by atoms with Crippen molar-refractivity contribution >= 4 is 28.3 Å². The van der Waals surface area contributed by atoms with Gasteiger partial charge in [-0.15, -0.1) is 0 Å². The lowest BCUT2D eigenvalue weighted by molar-refractivity contribution is -0.119. The number of H-pyrrole nitrogens is 2. The number of amides is 1. The number of para-hydroxylation sites is 1. The standard InChI is InChI=1S/C22H28N6O5/c1-12(2)9-26(17-18(23)27(10-13(3)4)22(33)25-19(17)30)16(29)11-28-20(31)14-7-5-6-8-15(14)24-21(28)32/h5-8,12-13H,9-11,23H2,1-4H3,(H,24,32)(H,25,30,33). The van der Waals surface area contributed by atoms with Crippen LogP contribution >= 0.6 is 0 Å². The van der Waals surface area contributed by atoms with E-state index in [0.29, 0.717) is 5.52 Å². The molecule has 0 saturated heterocycles. The Morgan fingerprint density at radius 3 is 2.24 bits per heavy atom. The Hall–Kier alpha value is -3.89. The van der Waals surface area contributed by atoms with Crippen LogP contribution in [0.1, 0.15) is 27.7 Å². The third kappa shape index (κ3) is 4.81. The predicted molar refractivity (Wildman–Crippen MR) is 127 cm³/mol. The number of hydrogen-bond donors (Lipinski definition) is 3. The molecule has 0 fully saturated rings. The van der Waals surface area contributed by atoms with E-state index in [-0.39, 0.29) is 41.8 Å². The molecule has 4 N–H and O–H groups in total. The van der Waals surface area contributed by atoms with Gasteiger partial charge in [0.2, 0.25) is 5.91 Å². The highest BCUT2D eigenvalue weighted by atomic mass is 16.2. The first-order valence-electron chi connectivity index (χ1n) is 10.7. The Bertz CT molecular complexity index is 1430. The topological polar surface area (TPSA) is 156 Å². The zero-order valence-electron chi connectivity index (χ0n) is 19.0. The van der Waals surface area contributed by atoms with Crippen LogP contribution in [0.25, 0.3) is 10.9 Å². The molecular formula is C22H28N6O5. The molecule has 2 aromatic heterocycles. The molecule has 0 unspecified atom stereocenters. The summed E-state index contributed by atoms with van der Waals surface area (Å²) in [4.78, 5) is 69.6. The van der Waals surface area contributed by atoms with Crippen LogP contribution in [0, 0.1) is 11.8 Å². The summed E-state index contributed by atoms with van der Waals surface area (Å²) in [6, 6.07) is 6.47. The highest BCUT2D eigenvalue weighted by Crippen LogP contribution is 2.19. The van der Waals surface area contributed by atoms with E-state index in [2.05, 4.69) is 9.97 Å². The Kier molecular flexibility index (Phi) is 6.70. The van der Waals surface area contributed by atoms with E-state index in [1.54, 1.807) is 24.3 Å². The van der Waals surface area contributed by atoms with Gasteiger partial charge in [-0.05, 0) is 24.0 Å². The lowest BCUT2D eigenvalue weighted by Crippen LogP contribution is -2.47. The summed E-state index contributed by atoms with van der Waals surface area (Å²) in [5.74, 6) is -0.859. The third-order valence-corrected chi connectivity index (χ3v) is 5.06. The van der Waals surface area contributed by atoms with Crippen LogP contribution in [0.2, 0.25) is 0 Å². The van der Waals surface area contributed by atoms with Crippen molar-refractivity contribution in [1.29, 1.82) is 0 Å². The molecule has 0 saturated carbocycles. The first kappa shape index (κ1) is 23.8. The molecule has 0 radical (unpaired) electrons. The number of aromatic amines is 2. The molecule has 3 rings (SSSR count). The van der Waals surface area contributed by atoms with Crippen molar-refractivity contribution in [3.8, 4) is 0 Å². The molecule has 3 aromatic rings. The predicted octanol–water partition coefficient (Wildman–Crippen LogP) is 0.467. The Balaban J connectivity index is 2.12. The van der Waals surface area contributed by atoms with Crippen molar-refractivity contribution in [1.82, 2.24) is 19.1 Å². The lowest BCUT2D eigenvalue weighted by atomic mass is 10.2. The van der Waals surface area contributed by atoms with Gasteiger partial charge in [0.15, 0.2) is 5.69 Å². The Morgan fingerprint density at radius 1 is 0.970 bits per heavy atom. The van der Waals surface area contributed by atoms with Crippen molar-refractivity contribution in [2.45, 2.75) is 40.8 Å². The zero-order chi connectivity index (χ0) is 24.4. The van der Waals surface area contributed by atoms with E-state index in [9.17, 15) is 24.0 Å². The van der Waals surface area contributed by atoms with Gasteiger partial charge in [0.1, 0.15) is 12.4 Å². The normalized spacial score (nSPS) is 11.5. The second kappa shape index (κ2) is 9.31. The van der Waals surface area contributed by atoms with E-state index >= 15 is 0 Å². The Morgan fingerprint density at radius 2 is 1.61 bits per heavy atom. The van der Waals surface area contributed by atoms with Crippen LogP contribution in [-0.4, -0.2) is 31.6 Å². The van der Waals surface area contributed by atoms with Crippen LogP contribution in [-0.2, 0) is 17.9 Å². The summed E-state index contributed by atoms with van der Waals surface area (Å²) < 4.78 is 1.99. The summed E-state index contributed by atoms with van der Waals surface area (Å²) in [6.07, 6.45) is 0. The first-order valence-corrected chi connectivity index (χ1v) is 10.7. The SMILES string of the molecule is CC(C)CN(C(=O)Cn1c(=O)[nH]c2ccccc2c1=O)c1c(N)n(CC(C)C)c(=O)[nH]c1=O. The molecule has 11 nitrogen and oxygen atoms in total. The third-order valence-electron chi connectivity index (χ3n) is 5.06. The van der Waals surface area contributed by atoms with Crippen molar-refractivity contribution in [3.05, 3.63) is 65.9 Å². The van der Waals surface area contributed by atoms with Crippen molar-refractivity contribution in [2.75, 3.05) is 17.2 Å². The molecule has 176 valence electrons. The number of nitrogen functional groups attached to an aromatic ring is 1. The summed E-state index contributed by atoms with van der Waals surface area (Å²) >= 11 is 0.